The van der Waals surface area contributed by atoms with E-state index in [0.29, 0.717) is 24.7 Å². The third kappa shape index (κ3) is 5.42. The average molecular weight is 412 g/mol. The molecule has 0 unspecified atom stereocenters. The molecule has 0 aromatic heterocycles. The fraction of sp³-hybridized carbons (Fsp3) is 0.368. The second kappa shape index (κ2) is 8.65. The van der Waals surface area contributed by atoms with Gasteiger partial charge >= 0.3 is 0 Å². The van der Waals surface area contributed by atoms with Gasteiger partial charge in [-0.3, -0.25) is 0 Å². The summed E-state index contributed by atoms with van der Waals surface area (Å²) in [5.41, 5.74) is 1.33. The molecule has 0 fully saturated rings. The molecule has 0 aliphatic carbocycles. The summed E-state index contributed by atoms with van der Waals surface area (Å²) in [5.74, 6) is 0.950. The molecule has 0 saturated carbocycles. The second-order valence-corrected chi connectivity index (χ2v) is 7.22. The van der Waals surface area contributed by atoms with Crippen LogP contribution in [-0.2, 0) is 13.2 Å². The monoisotopic (exact) mass is 411 g/mol. The predicted octanol–water partition coefficient (Wildman–Crippen LogP) is 4.04. The summed E-state index contributed by atoms with van der Waals surface area (Å²) in [6, 6.07) is 9.91. The molecule has 0 bridgehead atoms. The summed E-state index contributed by atoms with van der Waals surface area (Å²) in [7, 11) is 1.59. The number of hydrogen-bond donors (Lipinski definition) is 2. The van der Waals surface area contributed by atoms with Crippen molar-refractivity contribution in [2.45, 2.75) is 32.5 Å². The summed E-state index contributed by atoms with van der Waals surface area (Å²) in [6.07, 6.45) is 0. The number of halogens is 2. The van der Waals surface area contributed by atoms with Gasteiger partial charge in [-0.15, -0.1) is 0 Å². The Labute approximate surface area is 156 Å². The van der Waals surface area contributed by atoms with E-state index >= 15 is 0 Å². The molecule has 0 aliphatic heterocycles. The zero-order valence-corrected chi connectivity index (χ0v) is 16.2. The number of hydrogen-bond acceptors (Lipinski definition) is 4. The number of aliphatic hydroxyl groups is 1. The molecule has 2 aromatic rings. The van der Waals surface area contributed by atoms with Gasteiger partial charge in [0.15, 0.2) is 11.5 Å². The van der Waals surface area contributed by atoms with Crippen LogP contribution < -0.4 is 14.8 Å². The van der Waals surface area contributed by atoms with E-state index in [4.69, 9.17) is 9.47 Å². The first kappa shape index (κ1) is 19.7. The van der Waals surface area contributed by atoms with Crippen molar-refractivity contribution < 1.29 is 19.0 Å². The van der Waals surface area contributed by atoms with Crippen LogP contribution in [-0.4, -0.2) is 24.4 Å². The highest BCUT2D eigenvalue weighted by atomic mass is 79.9. The summed E-state index contributed by atoms with van der Waals surface area (Å²) in [6.45, 7) is 4.63. The van der Waals surface area contributed by atoms with Crippen LogP contribution in [0.25, 0.3) is 0 Å². The third-order valence-electron chi connectivity index (χ3n) is 3.82. The number of benzene rings is 2. The van der Waals surface area contributed by atoms with Gasteiger partial charge in [0.1, 0.15) is 12.4 Å². The lowest BCUT2D eigenvalue weighted by atomic mass is 10.1. The summed E-state index contributed by atoms with van der Waals surface area (Å²) in [4.78, 5) is 0. The molecule has 0 atom stereocenters. The van der Waals surface area contributed by atoms with E-state index in [1.165, 1.54) is 12.1 Å². The quantitative estimate of drug-likeness (QED) is 0.688. The summed E-state index contributed by atoms with van der Waals surface area (Å²) < 4.78 is 25.3. The molecule has 2 rings (SSSR count). The second-order valence-electron chi connectivity index (χ2n) is 6.37. The Bertz CT molecular complexity index is 705. The van der Waals surface area contributed by atoms with Crippen LogP contribution in [0.5, 0.6) is 11.5 Å². The van der Waals surface area contributed by atoms with Gasteiger partial charge in [-0.2, -0.15) is 0 Å². The first-order chi connectivity index (χ1) is 11.9. The van der Waals surface area contributed by atoms with Crippen molar-refractivity contribution in [3.63, 3.8) is 0 Å². The maximum atomic E-state index is 13.0. The first-order valence-corrected chi connectivity index (χ1v) is 8.74. The number of nitrogens with one attached hydrogen (secondary N) is 1. The van der Waals surface area contributed by atoms with Gasteiger partial charge in [-0.25, -0.2) is 4.39 Å². The molecule has 136 valence electrons. The van der Waals surface area contributed by atoms with Crippen LogP contribution in [0.3, 0.4) is 0 Å². The van der Waals surface area contributed by atoms with Crippen molar-refractivity contribution in [2.75, 3.05) is 13.7 Å². The molecular weight excluding hydrogens is 389 g/mol. The van der Waals surface area contributed by atoms with Crippen LogP contribution in [0.4, 0.5) is 4.39 Å². The Hall–Kier alpha value is -1.63. The first-order valence-electron chi connectivity index (χ1n) is 7.95. The molecule has 0 heterocycles. The van der Waals surface area contributed by atoms with Gasteiger partial charge in [-0.1, -0.05) is 28.1 Å². The normalized spacial score (nSPS) is 11.4. The van der Waals surface area contributed by atoms with Crippen LogP contribution in [0.2, 0.25) is 0 Å². The van der Waals surface area contributed by atoms with E-state index < -0.39 is 5.54 Å². The predicted molar refractivity (Wildman–Crippen MR) is 99.4 cm³/mol. The van der Waals surface area contributed by atoms with E-state index in [-0.39, 0.29) is 12.4 Å². The van der Waals surface area contributed by atoms with Crippen LogP contribution >= 0.6 is 15.9 Å². The molecule has 0 saturated heterocycles. The number of methoxy groups -OCH3 is 1. The largest absolute Gasteiger partial charge is 0.493 e. The smallest absolute Gasteiger partial charge is 0.167 e. The molecule has 0 radical (unpaired) electrons. The Balaban J connectivity index is 2.24. The lowest BCUT2D eigenvalue weighted by Gasteiger charge is -2.25. The van der Waals surface area contributed by atoms with Crippen LogP contribution in [0.1, 0.15) is 25.0 Å². The lowest BCUT2D eigenvalue weighted by molar-refractivity contribution is 0.186. The Kier molecular flexibility index (Phi) is 6.81. The SMILES string of the molecule is COc1ccc(Br)c(CNC(C)(C)CO)c1OCc1ccc(F)cc1. The zero-order chi connectivity index (χ0) is 18.4. The topological polar surface area (TPSA) is 50.7 Å². The van der Waals surface area contributed by atoms with Crippen LogP contribution in [0, 0.1) is 5.82 Å². The van der Waals surface area contributed by atoms with Crippen LogP contribution in [0.15, 0.2) is 40.9 Å². The molecule has 2 N–H and O–H groups in total. The number of ether oxygens (including phenoxy) is 2. The third-order valence-corrected chi connectivity index (χ3v) is 4.57. The average Bonchev–Trinajstić information content (AvgIpc) is 2.60. The molecule has 0 amide bonds. The van der Waals surface area contributed by atoms with Crippen molar-refractivity contribution in [1.29, 1.82) is 0 Å². The highest BCUT2D eigenvalue weighted by Crippen LogP contribution is 2.37. The van der Waals surface area contributed by atoms with Gasteiger partial charge in [0, 0.05) is 22.1 Å². The molecular formula is C19H23BrFNO3. The fourth-order valence-corrected chi connectivity index (χ4v) is 2.64. The lowest BCUT2D eigenvalue weighted by Crippen LogP contribution is -2.42. The fourth-order valence-electron chi connectivity index (χ4n) is 2.19. The number of rotatable bonds is 8. The number of aliphatic hydroxyl groups excluding tert-OH is 1. The molecule has 2 aromatic carbocycles. The highest BCUT2D eigenvalue weighted by molar-refractivity contribution is 9.10. The summed E-state index contributed by atoms with van der Waals surface area (Å²) in [5, 5.41) is 12.7. The highest BCUT2D eigenvalue weighted by Gasteiger charge is 2.20. The Morgan fingerprint density at radius 3 is 2.44 bits per heavy atom. The summed E-state index contributed by atoms with van der Waals surface area (Å²) >= 11 is 3.55. The van der Waals surface area contributed by atoms with Crippen molar-refractivity contribution in [3.05, 3.63) is 57.8 Å². The van der Waals surface area contributed by atoms with E-state index in [9.17, 15) is 9.50 Å². The minimum absolute atomic E-state index is 0.0142. The van der Waals surface area contributed by atoms with Gasteiger partial charge < -0.3 is 19.9 Å². The van der Waals surface area contributed by atoms with E-state index in [1.54, 1.807) is 19.2 Å². The maximum absolute atomic E-state index is 13.0. The van der Waals surface area contributed by atoms with Crippen molar-refractivity contribution in [1.82, 2.24) is 5.32 Å². The molecule has 6 heteroatoms. The van der Waals surface area contributed by atoms with Crippen molar-refractivity contribution in [2.24, 2.45) is 0 Å². The van der Waals surface area contributed by atoms with Gasteiger partial charge in [0.05, 0.1) is 13.7 Å². The molecule has 0 aliphatic rings. The van der Waals surface area contributed by atoms with E-state index in [1.807, 2.05) is 26.0 Å². The van der Waals surface area contributed by atoms with Gasteiger partial charge in [-0.05, 0) is 43.7 Å². The molecule has 0 spiro atoms. The van der Waals surface area contributed by atoms with Gasteiger partial charge in [0.25, 0.3) is 0 Å². The Morgan fingerprint density at radius 2 is 1.84 bits per heavy atom. The minimum atomic E-state index is -0.420. The molecule has 4 nitrogen and oxygen atoms in total. The zero-order valence-electron chi connectivity index (χ0n) is 14.6. The van der Waals surface area contributed by atoms with E-state index in [0.717, 1.165) is 15.6 Å². The van der Waals surface area contributed by atoms with E-state index in [2.05, 4.69) is 21.2 Å². The standard InChI is InChI=1S/C19H23BrFNO3/c1-19(2,12-23)22-10-15-16(20)8-9-17(24-3)18(15)25-11-13-4-6-14(21)7-5-13/h4-9,22-23H,10-12H2,1-3H3. The maximum Gasteiger partial charge on any atom is 0.167 e. The van der Waals surface area contributed by atoms with Crippen molar-refractivity contribution in [3.8, 4) is 11.5 Å². The molecule has 25 heavy (non-hydrogen) atoms. The minimum Gasteiger partial charge on any atom is -0.493 e. The van der Waals surface area contributed by atoms with Gasteiger partial charge in [0.2, 0.25) is 0 Å². The Morgan fingerprint density at radius 1 is 1.16 bits per heavy atom. The van der Waals surface area contributed by atoms with Crippen molar-refractivity contribution >= 4 is 15.9 Å².